The molecule has 0 aliphatic carbocycles. The summed E-state index contributed by atoms with van der Waals surface area (Å²) in [7, 11) is 0. The quantitative estimate of drug-likeness (QED) is 0.797. The normalized spacial score (nSPS) is 17.1. The lowest BCUT2D eigenvalue weighted by Gasteiger charge is -2.36. The van der Waals surface area contributed by atoms with E-state index in [9.17, 15) is 4.79 Å². The minimum absolute atomic E-state index is 0.131. The van der Waals surface area contributed by atoms with E-state index in [2.05, 4.69) is 46.3 Å². The van der Waals surface area contributed by atoms with Gasteiger partial charge in [0.05, 0.1) is 0 Å². The van der Waals surface area contributed by atoms with Gasteiger partial charge in [0.1, 0.15) is 0 Å². The first kappa shape index (κ1) is 17.8. The second-order valence-electron chi connectivity index (χ2n) is 6.53. The van der Waals surface area contributed by atoms with E-state index in [0.717, 1.165) is 39.1 Å². The lowest BCUT2D eigenvalue weighted by atomic mass is 10.2. The van der Waals surface area contributed by atoms with Gasteiger partial charge in [0.15, 0.2) is 0 Å². The molecule has 0 spiro atoms. The van der Waals surface area contributed by atoms with Crippen LogP contribution in [0.3, 0.4) is 0 Å². The molecule has 1 unspecified atom stereocenters. The molecule has 1 aliphatic rings. The van der Waals surface area contributed by atoms with Crippen LogP contribution in [0.1, 0.15) is 25.3 Å². The van der Waals surface area contributed by atoms with Crippen molar-refractivity contribution in [1.82, 2.24) is 10.2 Å². The van der Waals surface area contributed by atoms with Crippen molar-refractivity contribution in [2.75, 3.05) is 44.2 Å². The fourth-order valence-corrected chi connectivity index (χ4v) is 2.84. The Kier molecular flexibility index (Phi) is 6.86. The van der Waals surface area contributed by atoms with Crippen LogP contribution in [-0.4, -0.2) is 56.1 Å². The Balaban J connectivity index is 1.66. The first-order valence-corrected chi connectivity index (χ1v) is 8.61. The van der Waals surface area contributed by atoms with Crippen molar-refractivity contribution < 1.29 is 4.79 Å². The van der Waals surface area contributed by atoms with Gasteiger partial charge in [-0.15, -0.1) is 0 Å². The molecule has 0 radical (unpaired) electrons. The molecule has 0 aromatic heterocycles. The summed E-state index contributed by atoms with van der Waals surface area (Å²) in [6.45, 7) is 9.68. The van der Waals surface area contributed by atoms with Crippen LogP contribution in [-0.2, 0) is 4.79 Å². The molecule has 5 nitrogen and oxygen atoms in total. The highest BCUT2D eigenvalue weighted by atomic mass is 16.1. The lowest BCUT2D eigenvalue weighted by molar-refractivity contribution is -0.121. The average molecular weight is 318 g/mol. The van der Waals surface area contributed by atoms with Crippen molar-refractivity contribution in [1.29, 1.82) is 0 Å². The predicted octanol–water partition coefficient (Wildman–Crippen LogP) is 1.36. The lowest BCUT2D eigenvalue weighted by Crippen LogP contribution is -2.47. The van der Waals surface area contributed by atoms with Crippen LogP contribution in [0.2, 0.25) is 0 Å². The van der Waals surface area contributed by atoms with Crippen molar-refractivity contribution in [2.24, 2.45) is 5.73 Å². The van der Waals surface area contributed by atoms with Crippen molar-refractivity contribution in [2.45, 2.75) is 32.7 Å². The molecule has 1 aromatic rings. The molecular formula is C18H30N4O. The summed E-state index contributed by atoms with van der Waals surface area (Å²) in [5.74, 6) is 0.131. The van der Waals surface area contributed by atoms with Gasteiger partial charge < -0.3 is 16.0 Å². The smallest absolute Gasteiger partial charge is 0.221 e. The molecular weight excluding hydrogens is 288 g/mol. The number of hydrogen-bond acceptors (Lipinski definition) is 4. The third kappa shape index (κ3) is 6.20. The largest absolute Gasteiger partial charge is 0.369 e. The van der Waals surface area contributed by atoms with Crippen LogP contribution in [0.4, 0.5) is 5.69 Å². The van der Waals surface area contributed by atoms with E-state index in [1.807, 2.05) is 6.92 Å². The molecule has 1 saturated heterocycles. The van der Waals surface area contributed by atoms with Gasteiger partial charge >= 0.3 is 0 Å². The van der Waals surface area contributed by atoms with Crippen molar-refractivity contribution >= 4 is 11.6 Å². The van der Waals surface area contributed by atoms with E-state index >= 15 is 0 Å². The molecule has 1 aliphatic heterocycles. The van der Waals surface area contributed by atoms with Gasteiger partial charge in [-0.3, -0.25) is 9.69 Å². The highest BCUT2D eigenvalue weighted by molar-refractivity contribution is 5.76. The molecule has 23 heavy (non-hydrogen) atoms. The van der Waals surface area contributed by atoms with E-state index in [-0.39, 0.29) is 11.9 Å². The third-order valence-corrected chi connectivity index (χ3v) is 4.32. The molecule has 1 aromatic carbocycles. The topological polar surface area (TPSA) is 61.6 Å². The fourth-order valence-electron chi connectivity index (χ4n) is 2.84. The number of anilines is 1. The van der Waals surface area contributed by atoms with Gasteiger partial charge in [-0.25, -0.2) is 0 Å². The van der Waals surface area contributed by atoms with Crippen LogP contribution in [0.25, 0.3) is 0 Å². The zero-order valence-corrected chi connectivity index (χ0v) is 14.4. The summed E-state index contributed by atoms with van der Waals surface area (Å²) in [5, 5.41) is 2.94. The average Bonchev–Trinajstić information content (AvgIpc) is 2.53. The Labute approximate surface area is 139 Å². The van der Waals surface area contributed by atoms with Crippen molar-refractivity contribution in [3.8, 4) is 0 Å². The summed E-state index contributed by atoms with van der Waals surface area (Å²) in [4.78, 5) is 16.6. The number of nitrogens with one attached hydrogen (secondary N) is 1. The molecule has 5 heteroatoms. The Bertz CT molecular complexity index is 496. The molecule has 0 saturated carbocycles. The molecule has 1 fully saturated rings. The SMILES string of the molecule is Cc1cccc(N2CCN(CCC(=O)NCCC(C)N)CC2)c1. The van der Waals surface area contributed by atoms with Crippen LogP contribution < -0.4 is 16.0 Å². The summed E-state index contributed by atoms with van der Waals surface area (Å²) in [6, 6.07) is 8.80. The van der Waals surface area contributed by atoms with Gasteiger partial charge in [-0.05, 0) is 38.0 Å². The van der Waals surface area contributed by atoms with Crippen LogP contribution in [0.15, 0.2) is 24.3 Å². The number of amides is 1. The van der Waals surface area contributed by atoms with Crippen molar-refractivity contribution in [3.63, 3.8) is 0 Å². The Morgan fingerprint density at radius 3 is 2.70 bits per heavy atom. The maximum absolute atomic E-state index is 11.8. The van der Waals surface area contributed by atoms with E-state index < -0.39 is 0 Å². The summed E-state index contributed by atoms with van der Waals surface area (Å²) in [5.41, 5.74) is 8.28. The van der Waals surface area contributed by atoms with Crippen LogP contribution >= 0.6 is 0 Å². The third-order valence-electron chi connectivity index (χ3n) is 4.32. The van der Waals surface area contributed by atoms with E-state index in [1.165, 1.54) is 11.3 Å². The molecule has 1 heterocycles. The number of benzene rings is 1. The predicted molar refractivity (Wildman–Crippen MR) is 95.7 cm³/mol. The van der Waals surface area contributed by atoms with Gasteiger partial charge in [0.2, 0.25) is 5.91 Å². The Morgan fingerprint density at radius 2 is 2.04 bits per heavy atom. The fraction of sp³-hybridized carbons (Fsp3) is 0.611. The van der Waals surface area contributed by atoms with Crippen LogP contribution in [0.5, 0.6) is 0 Å². The zero-order valence-electron chi connectivity index (χ0n) is 14.4. The number of hydrogen-bond donors (Lipinski definition) is 2. The summed E-state index contributed by atoms with van der Waals surface area (Å²) in [6.07, 6.45) is 1.41. The Morgan fingerprint density at radius 1 is 1.30 bits per heavy atom. The standard InChI is InChI=1S/C18H30N4O/c1-15-4-3-5-17(14-15)22-12-10-21(11-13-22)9-7-18(23)20-8-6-16(2)19/h3-5,14,16H,6-13,19H2,1-2H3,(H,20,23). The zero-order chi connectivity index (χ0) is 16.7. The van der Waals surface area contributed by atoms with E-state index in [4.69, 9.17) is 5.73 Å². The van der Waals surface area contributed by atoms with Crippen LogP contribution in [0, 0.1) is 6.92 Å². The first-order valence-electron chi connectivity index (χ1n) is 8.61. The van der Waals surface area contributed by atoms with E-state index in [1.54, 1.807) is 0 Å². The number of carbonyl (C=O) groups is 1. The monoisotopic (exact) mass is 318 g/mol. The molecule has 1 atom stereocenters. The second kappa shape index (κ2) is 8.89. The maximum atomic E-state index is 11.8. The molecule has 128 valence electrons. The van der Waals surface area contributed by atoms with Gasteiger partial charge in [-0.1, -0.05) is 12.1 Å². The minimum atomic E-state index is 0.131. The van der Waals surface area contributed by atoms with Gasteiger partial charge in [0, 0.05) is 57.4 Å². The second-order valence-corrected chi connectivity index (χ2v) is 6.53. The molecule has 3 N–H and O–H groups in total. The number of rotatable bonds is 7. The summed E-state index contributed by atoms with van der Waals surface area (Å²) < 4.78 is 0. The highest BCUT2D eigenvalue weighted by Crippen LogP contribution is 2.17. The highest BCUT2D eigenvalue weighted by Gasteiger charge is 2.17. The number of piperazine rings is 1. The Hall–Kier alpha value is -1.59. The molecule has 0 bridgehead atoms. The number of nitrogens with zero attached hydrogens (tertiary/aromatic N) is 2. The van der Waals surface area contributed by atoms with Crippen molar-refractivity contribution in [3.05, 3.63) is 29.8 Å². The first-order chi connectivity index (χ1) is 11.0. The minimum Gasteiger partial charge on any atom is -0.369 e. The number of nitrogens with two attached hydrogens (primary N) is 1. The summed E-state index contributed by atoms with van der Waals surface area (Å²) >= 11 is 0. The maximum Gasteiger partial charge on any atom is 0.221 e. The van der Waals surface area contributed by atoms with E-state index in [0.29, 0.717) is 13.0 Å². The van der Waals surface area contributed by atoms with Gasteiger partial charge in [0.25, 0.3) is 0 Å². The molecule has 1 amide bonds. The number of aryl methyl sites for hydroxylation is 1. The van der Waals surface area contributed by atoms with Gasteiger partial charge in [-0.2, -0.15) is 0 Å². The molecule has 2 rings (SSSR count). The number of carbonyl (C=O) groups excluding carboxylic acids is 1.